The maximum Gasteiger partial charge on any atom is 0.191 e. The summed E-state index contributed by atoms with van der Waals surface area (Å²) in [6.07, 6.45) is 1.18. The summed E-state index contributed by atoms with van der Waals surface area (Å²) in [6, 6.07) is 4.90. The van der Waals surface area contributed by atoms with Crippen molar-refractivity contribution in [2.24, 2.45) is 4.99 Å². The lowest BCUT2D eigenvalue weighted by Crippen LogP contribution is -2.47. The summed E-state index contributed by atoms with van der Waals surface area (Å²) in [5.74, 6) is 0.906. The zero-order valence-electron chi connectivity index (χ0n) is 14.8. The number of nitrogens with zero attached hydrogens (tertiary/aromatic N) is 2. The molecule has 0 aliphatic carbocycles. The van der Waals surface area contributed by atoms with E-state index in [4.69, 9.17) is 0 Å². The highest BCUT2D eigenvalue weighted by Crippen LogP contribution is 2.24. The van der Waals surface area contributed by atoms with Crippen LogP contribution in [0.5, 0.6) is 0 Å². The molecule has 0 spiro atoms. The van der Waals surface area contributed by atoms with Crippen molar-refractivity contribution in [1.82, 2.24) is 15.5 Å². The molecule has 25 heavy (non-hydrogen) atoms. The van der Waals surface area contributed by atoms with E-state index in [9.17, 15) is 0 Å². The Labute approximate surface area is 175 Å². The number of aliphatic imine (C=N–C) groups is 1. The number of thiophene rings is 2. The quantitative estimate of drug-likeness (QED) is 0.366. The molecule has 4 nitrogen and oxygen atoms in total. The first-order valence-electron chi connectivity index (χ1n) is 8.58. The molecule has 0 bridgehead atoms. The Balaban J connectivity index is 0.00000225. The average molecular weight is 490 g/mol. The van der Waals surface area contributed by atoms with Gasteiger partial charge in [-0.1, -0.05) is 0 Å². The van der Waals surface area contributed by atoms with Crippen molar-refractivity contribution >= 4 is 52.6 Å². The van der Waals surface area contributed by atoms with Crippen molar-refractivity contribution in [3.8, 4) is 0 Å². The van der Waals surface area contributed by atoms with E-state index in [2.05, 4.69) is 62.6 Å². The molecule has 1 unspecified atom stereocenters. The zero-order valence-corrected chi connectivity index (χ0v) is 18.8. The first-order valence-corrected chi connectivity index (χ1v) is 10.4. The fourth-order valence-electron chi connectivity index (χ4n) is 2.91. The molecular formula is C18H27IN4S2. The van der Waals surface area contributed by atoms with Gasteiger partial charge in [-0.05, 0) is 59.7 Å². The van der Waals surface area contributed by atoms with E-state index in [1.807, 2.05) is 11.3 Å². The molecular weight excluding hydrogens is 463 g/mol. The molecule has 1 atom stereocenters. The van der Waals surface area contributed by atoms with Crippen LogP contribution in [0.1, 0.15) is 29.9 Å². The Hall–Kier alpha value is -0.640. The fraction of sp³-hybridized carbons (Fsp3) is 0.500. The van der Waals surface area contributed by atoms with Crippen molar-refractivity contribution in [2.45, 2.75) is 39.4 Å². The maximum absolute atomic E-state index is 4.68. The zero-order chi connectivity index (χ0) is 16.8. The van der Waals surface area contributed by atoms with Gasteiger partial charge in [0.2, 0.25) is 0 Å². The summed E-state index contributed by atoms with van der Waals surface area (Å²) >= 11 is 3.62. The maximum atomic E-state index is 4.68. The molecule has 3 heterocycles. The Morgan fingerprint density at radius 3 is 2.96 bits per heavy atom. The Bertz CT molecular complexity index is 654. The van der Waals surface area contributed by atoms with Gasteiger partial charge in [-0.2, -0.15) is 11.3 Å². The van der Waals surface area contributed by atoms with E-state index in [0.717, 1.165) is 38.7 Å². The van der Waals surface area contributed by atoms with Gasteiger partial charge in [0.25, 0.3) is 0 Å². The average Bonchev–Trinajstić information content (AvgIpc) is 3.27. The molecule has 2 aromatic rings. The van der Waals surface area contributed by atoms with E-state index in [0.29, 0.717) is 6.04 Å². The van der Waals surface area contributed by atoms with Gasteiger partial charge in [-0.25, -0.2) is 4.99 Å². The molecule has 0 saturated carbocycles. The summed E-state index contributed by atoms with van der Waals surface area (Å²) in [5, 5.41) is 13.3. The van der Waals surface area contributed by atoms with Crippen LogP contribution in [0.3, 0.4) is 0 Å². The fourth-order valence-corrected chi connectivity index (χ4v) is 4.46. The highest BCUT2D eigenvalue weighted by atomic mass is 127. The van der Waals surface area contributed by atoms with Crippen LogP contribution in [0.2, 0.25) is 0 Å². The minimum atomic E-state index is 0. The summed E-state index contributed by atoms with van der Waals surface area (Å²) in [4.78, 5) is 8.81. The smallest absolute Gasteiger partial charge is 0.191 e. The number of halogens is 1. The van der Waals surface area contributed by atoms with Crippen LogP contribution in [0.25, 0.3) is 0 Å². The molecule has 0 saturated heterocycles. The van der Waals surface area contributed by atoms with E-state index >= 15 is 0 Å². The first-order chi connectivity index (χ1) is 11.8. The van der Waals surface area contributed by atoms with Crippen LogP contribution in [0, 0.1) is 0 Å². The second-order valence-corrected chi connectivity index (χ2v) is 7.93. The molecule has 1 aliphatic rings. The molecule has 7 heteroatoms. The topological polar surface area (TPSA) is 39.7 Å². The normalized spacial score (nSPS) is 16.0. The Morgan fingerprint density at radius 1 is 1.32 bits per heavy atom. The van der Waals surface area contributed by atoms with E-state index in [-0.39, 0.29) is 24.0 Å². The molecule has 0 radical (unpaired) electrons. The van der Waals surface area contributed by atoms with Crippen LogP contribution in [-0.2, 0) is 19.5 Å². The minimum Gasteiger partial charge on any atom is -0.357 e. The lowest BCUT2D eigenvalue weighted by molar-refractivity contribution is 0.192. The summed E-state index contributed by atoms with van der Waals surface area (Å²) in [7, 11) is 0. The van der Waals surface area contributed by atoms with Crippen molar-refractivity contribution in [3.63, 3.8) is 0 Å². The monoisotopic (exact) mass is 490 g/mol. The number of fused-ring (bicyclic) bond motifs is 1. The van der Waals surface area contributed by atoms with Gasteiger partial charge in [-0.3, -0.25) is 4.90 Å². The van der Waals surface area contributed by atoms with Crippen LogP contribution in [0.15, 0.2) is 33.3 Å². The third kappa shape index (κ3) is 5.94. The van der Waals surface area contributed by atoms with Crippen molar-refractivity contribution in [3.05, 3.63) is 44.3 Å². The predicted molar refractivity (Wildman–Crippen MR) is 120 cm³/mol. The van der Waals surface area contributed by atoms with Crippen LogP contribution in [-0.4, -0.2) is 36.5 Å². The molecule has 1 aliphatic heterocycles. The van der Waals surface area contributed by atoms with Crippen LogP contribution < -0.4 is 10.6 Å². The molecule has 0 aromatic carbocycles. The van der Waals surface area contributed by atoms with Gasteiger partial charge >= 0.3 is 0 Å². The van der Waals surface area contributed by atoms with Crippen LogP contribution >= 0.6 is 46.7 Å². The van der Waals surface area contributed by atoms with E-state index in [1.165, 1.54) is 17.5 Å². The first kappa shape index (κ1) is 20.7. The standard InChI is InChI=1S/C18H26N4S2.HI/c1-3-19-18(21-11-15-5-8-23-13-15)20-10-14(2)22-7-4-17-16(12-22)6-9-24-17;/h5-6,8-9,13-14H,3-4,7,10-12H2,1-2H3,(H2,19,20,21);1H. The van der Waals surface area contributed by atoms with Gasteiger partial charge in [0.1, 0.15) is 0 Å². The highest BCUT2D eigenvalue weighted by Gasteiger charge is 2.21. The predicted octanol–water partition coefficient (Wildman–Crippen LogP) is 3.93. The molecule has 2 aromatic heterocycles. The lowest BCUT2D eigenvalue weighted by atomic mass is 10.1. The third-order valence-corrected chi connectivity index (χ3v) is 6.12. The third-order valence-electron chi connectivity index (χ3n) is 4.37. The SMILES string of the molecule is CCNC(=NCc1ccsc1)NCC(C)N1CCc2sccc2C1.I. The van der Waals surface area contributed by atoms with E-state index in [1.54, 1.807) is 16.2 Å². The van der Waals surface area contributed by atoms with Crippen LogP contribution in [0.4, 0.5) is 0 Å². The van der Waals surface area contributed by atoms with Gasteiger partial charge in [0.15, 0.2) is 5.96 Å². The van der Waals surface area contributed by atoms with Gasteiger partial charge < -0.3 is 10.6 Å². The summed E-state index contributed by atoms with van der Waals surface area (Å²) in [6.45, 7) is 9.15. The Morgan fingerprint density at radius 2 is 2.20 bits per heavy atom. The highest BCUT2D eigenvalue weighted by molar-refractivity contribution is 14.0. The van der Waals surface area contributed by atoms with Crippen molar-refractivity contribution in [2.75, 3.05) is 19.6 Å². The molecule has 3 rings (SSSR count). The van der Waals surface area contributed by atoms with E-state index < -0.39 is 0 Å². The molecule has 0 fully saturated rings. The minimum absolute atomic E-state index is 0. The van der Waals surface area contributed by atoms with Crippen molar-refractivity contribution < 1.29 is 0 Å². The van der Waals surface area contributed by atoms with Gasteiger partial charge in [0.05, 0.1) is 6.54 Å². The van der Waals surface area contributed by atoms with Gasteiger partial charge in [0, 0.05) is 37.1 Å². The molecule has 138 valence electrons. The lowest BCUT2D eigenvalue weighted by Gasteiger charge is -2.32. The van der Waals surface area contributed by atoms with Gasteiger partial charge in [-0.15, -0.1) is 35.3 Å². The summed E-state index contributed by atoms with van der Waals surface area (Å²) < 4.78 is 0. The van der Waals surface area contributed by atoms with Crippen molar-refractivity contribution in [1.29, 1.82) is 0 Å². The number of hydrogen-bond acceptors (Lipinski definition) is 4. The number of nitrogens with one attached hydrogen (secondary N) is 2. The molecule has 2 N–H and O–H groups in total. The molecule has 0 amide bonds. The Kier molecular flexibility index (Phi) is 8.68. The number of rotatable bonds is 6. The second-order valence-electron chi connectivity index (χ2n) is 6.15. The summed E-state index contributed by atoms with van der Waals surface area (Å²) in [5.41, 5.74) is 2.78. The number of hydrogen-bond donors (Lipinski definition) is 2. The number of guanidine groups is 1. The largest absolute Gasteiger partial charge is 0.357 e. The second kappa shape index (κ2) is 10.5.